The van der Waals surface area contributed by atoms with Gasteiger partial charge in [-0.25, -0.2) is 9.97 Å². The number of benzene rings is 1. The van der Waals surface area contributed by atoms with E-state index >= 15 is 0 Å². The zero-order chi connectivity index (χ0) is 14.3. The molecule has 0 bridgehead atoms. The summed E-state index contributed by atoms with van der Waals surface area (Å²) >= 11 is 0. The highest BCUT2D eigenvalue weighted by molar-refractivity contribution is 5.97. The highest BCUT2D eigenvalue weighted by Crippen LogP contribution is 2.24. The highest BCUT2D eigenvalue weighted by atomic mass is 16.1. The molecular formula is C16H15N3O. The van der Waals surface area contributed by atoms with Gasteiger partial charge in [0.1, 0.15) is 5.65 Å². The molecule has 0 fully saturated rings. The van der Waals surface area contributed by atoms with E-state index in [2.05, 4.69) is 16.0 Å². The highest BCUT2D eigenvalue weighted by Gasteiger charge is 2.13. The Labute approximate surface area is 117 Å². The van der Waals surface area contributed by atoms with Gasteiger partial charge in [0.05, 0.1) is 11.1 Å². The topological polar surface area (TPSA) is 47.8 Å². The van der Waals surface area contributed by atoms with Crippen LogP contribution in [0.5, 0.6) is 0 Å². The first-order chi connectivity index (χ1) is 9.60. The van der Waals surface area contributed by atoms with Gasteiger partial charge in [0.2, 0.25) is 0 Å². The minimum atomic E-state index is 0.635. The van der Waals surface area contributed by atoms with Gasteiger partial charge >= 0.3 is 0 Å². The fourth-order valence-corrected chi connectivity index (χ4v) is 2.49. The zero-order valence-corrected chi connectivity index (χ0v) is 11.7. The van der Waals surface area contributed by atoms with E-state index in [0.29, 0.717) is 11.4 Å². The Morgan fingerprint density at radius 1 is 1.20 bits per heavy atom. The molecule has 0 N–H and O–H groups in total. The van der Waals surface area contributed by atoms with Crippen molar-refractivity contribution >= 4 is 17.3 Å². The minimum Gasteiger partial charge on any atom is -0.335 e. The molecule has 4 heteroatoms. The fraction of sp³-hybridized carbons (Fsp3) is 0.188. The molecule has 0 amide bonds. The van der Waals surface area contributed by atoms with Crippen molar-refractivity contribution in [3.05, 3.63) is 47.3 Å². The molecule has 0 saturated carbocycles. The number of aryl methyl sites for hydroxylation is 3. The summed E-state index contributed by atoms with van der Waals surface area (Å²) in [6.07, 6.45) is 2.64. The van der Waals surface area contributed by atoms with Gasteiger partial charge in [0, 0.05) is 24.4 Å². The van der Waals surface area contributed by atoms with Crippen molar-refractivity contribution in [1.29, 1.82) is 0 Å². The van der Waals surface area contributed by atoms with Crippen molar-refractivity contribution in [3.8, 4) is 11.4 Å². The second-order valence-corrected chi connectivity index (χ2v) is 5.01. The second kappa shape index (κ2) is 4.56. The molecule has 0 spiro atoms. The molecule has 2 aromatic heterocycles. The normalized spacial score (nSPS) is 10.9. The van der Waals surface area contributed by atoms with Crippen LogP contribution < -0.4 is 0 Å². The maximum absolute atomic E-state index is 11.1. The predicted molar refractivity (Wildman–Crippen MR) is 78.8 cm³/mol. The Morgan fingerprint density at radius 2 is 2.00 bits per heavy atom. The van der Waals surface area contributed by atoms with E-state index in [1.165, 1.54) is 5.56 Å². The van der Waals surface area contributed by atoms with Crippen LogP contribution in [-0.4, -0.2) is 20.8 Å². The third-order valence-electron chi connectivity index (χ3n) is 3.43. The maximum atomic E-state index is 11.1. The van der Waals surface area contributed by atoms with Crippen molar-refractivity contribution < 1.29 is 4.79 Å². The van der Waals surface area contributed by atoms with Crippen LogP contribution in [-0.2, 0) is 7.05 Å². The number of nitrogens with zero attached hydrogens (tertiary/aromatic N) is 3. The smallest absolute Gasteiger partial charge is 0.161 e. The van der Waals surface area contributed by atoms with E-state index in [1.54, 1.807) is 6.20 Å². The second-order valence-electron chi connectivity index (χ2n) is 5.01. The molecule has 2 heterocycles. The lowest BCUT2D eigenvalue weighted by Crippen LogP contribution is -1.97. The van der Waals surface area contributed by atoms with Crippen LogP contribution in [0.3, 0.4) is 0 Å². The number of fused-ring (bicyclic) bond motifs is 1. The number of aldehydes is 1. The first kappa shape index (κ1) is 12.5. The zero-order valence-electron chi connectivity index (χ0n) is 11.7. The Balaban J connectivity index is 2.30. The van der Waals surface area contributed by atoms with Crippen molar-refractivity contribution in [2.45, 2.75) is 13.8 Å². The summed E-state index contributed by atoms with van der Waals surface area (Å²) in [6, 6.07) is 8.10. The molecular weight excluding hydrogens is 250 g/mol. The van der Waals surface area contributed by atoms with Gasteiger partial charge < -0.3 is 4.57 Å². The van der Waals surface area contributed by atoms with E-state index < -0.39 is 0 Å². The molecule has 3 rings (SSSR count). The van der Waals surface area contributed by atoms with Crippen LogP contribution in [0.15, 0.2) is 30.5 Å². The number of hydrogen-bond donors (Lipinski definition) is 0. The lowest BCUT2D eigenvalue weighted by molar-refractivity contribution is 0.112. The summed E-state index contributed by atoms with van der Waals surface area (Å²) < 4.78 is 1.87. The average Bonchev–Trinajstić information content (AvgIpc) is 2.76. The van der Waals surface area contributed by atoms with Gasteiger partial charge in [-0.15, -0.1) is 0 Å². The monoisotopic (exact) mass is 265 g/mol. The van der Waals surface area contributed by atoms with E-state index in [4.69, 9.17) is 0 Å². The van der Waals surface area contributed by atoms with Gasteiger partial charge in [0.15, 0.2) is 12.1 Å². The number of carbonyl (C=O) groups is 1. The molecule has 3 aromatic rings. The lowest BCUT2D eigenvalue weighted by Gasteiger charge is -2.05. The molecule has 0 radical (unpaired) electrons. The van der Waals surface area contributed by atoms with Crippen LogP contribution in [0, 0.1) is 13.8 Å². The lowest BCUT2D eigenvalue weighted by atomic mass is 10.1. The molecule has 20 heavy (non-hydrogen) atoms. The summed E-state index contributed by atoms with van der Waals surface area (Å²) in [4.78, 5) is 20.3. The summed E-state index contributed by atoms with van der Waals surface area (Å²) in [5.74, 6) is 0.692. The fourth-order valence-electron chi connectivity index (χ4n) is 2.49. The van der Waals surface area contributed by atoms with Crippen molar-refractivity contribution in [2.24, 2.45) is 7.05 Å². The van der Waals surface area contributed by atoms with E-state index in [-0.39, 0.29) is 0 Å². The SMILES string of the molecule is Cc1cccc(-c2nc(C)c3c(C=O)cn(C)c3n2)c1. The number of hydrogen-bond acceptors (Lipinski definition) is 3. The molecule has 0 aliphatic carbocycles. The number of rotatable bonds is 2. The van der Waals surface area contributed by atoms with Crippen molar-refractivity contribution in [1.82, 2.24) is 14.5 Å². The number of carbonyl (C=O) groups excluding carboxylic acids is 1. The van der Waals surface area contributed by atoms with E-state index in [9.17, 15) is 4.79 Å². The molecule has 4 nitrogen and oxygen atoms in total. The minimum absolute atomic E-state index is 0.635. The summed E-state index contributed by atoms with van der Waals surface area (Å²) in [6.45, 7) is 3.96. The van der Waals surface area contributed by atoms with Gasteiger partial charge in [0.25, 0.3) is 0 Å². The summed E-state index contributed by atoms with van der Waals surface area (Å²) in [5.41, 5.74) is 4.41. The van der Waals surface area contributed by atoms with Crippen LogP contribution >= 0.6 is 0 Å². The van der Waals surface area contributed by atoms with Crippen molar-refractivity contribution in [2.75, 3.05) is 0 Å². The van der Waals surface area contributed by atoms with Gasteiger partial charge in [-0.3, -0.25) is 4.79 Å². The first-order valence-corrected chi connectivity index (χ1v) is 6.46. The molecule has 0 aliphatic rings. The molecule has 0 aliphatic heterocycles. The van der Waals surface area contributed by atoms with Crippen LogP contribution in [0.1, 0.15) is 21.6 Å². The average molecular weight is 265 g/mol. The van der Waals surface area contributed by atoms with Crippen LogP contribution in [0.2, 0.25) is 0 Å². The van der Waals surface area contributed by atoms with Gasteiger partial charge in [-0.2, -0.15) is 0 Å². The maximum Gasteiger partial charge on any atom is 0.161 e. The Bertz CT molecular complexity index is 818. The number of aromatic nitrogens is 3. The van der Waals surface area contributed by atoms with Gasteiger partial charge in [-0.1, -0.05) is 23.8 Å². The standard InChI is InChI=1S/C16H15N3O/c1-10-5-4-6-12(7-10)15-17-11(2)14-13(9-20)8-19(3)16(14)18-15/h4-9H,1-3H3. The Morgan fingerprint density at radius 3 is 2.70 bits per heavy atom. The van der Waals surface area contributed by atoms with Crippen LogP contribution in [0.4, 0.5) is 0 Å². The third-order valence-corrected chi connectivity index (χ3v) is 3.43. The largest absolute Gasteiger partial charge is 0.335 e. The molecule has 0 atom stereocenters. The third kappa shape index (κ3) is 1.90. The van der Waals surface area contributed by atoms with Crippen molar-refractivity contribution in [3.63, 3.8) is 0 Å². The van der Waals surface area contributed by atoms with E-state index in [0.717, 1.165) is 28.6 Å². The first-order valence-electron chi connectivity index (χ1n) is 6.46. The van der Waals surface area contributed by atoms with E-state index in [1.807, 2.05) is 43.7 Å². The summed E-state index contributed by atoms with van der Waals surface area (Å²) in [7, 11) is 1.89. The predicted octanol–water partition coefficient (Wildman–Crippen LogP) is 3.06. The molecule has 0 saturated heterocycles. The Kier molecular flexibility index (Phi) is 2.86. The summed E-state index contributed by atoms with van der Waals surface area (Å²) in [5, 5.41) is 0.832. The Hall–Kier alpha value is -2.49. The quantitative estimate of drug-likeness (QED) is 0.669. The van der Waals surface area contributed by atoms with Crippen LogP contribution in [0.25, 0.3) is 22.4 Å². The molecule has 0 unspecified atom stereocenters. The van der Waals surface area contributed by atoms with Gasteiger partial charge in [-0.05, 0) is 19.9 Å². The molecule has 1 aromatic carbocycles. The molecule has 100 valence electrons.